The van der Waals surface area contributed by atoms with E-state index in [0.29, 0.717) is 0 Å². The first-order chi connectivity index (χ1) is 3.93. The van der Waals surface area contributed by atoms with Gasteiger partial charge in [0, 0.05) is 13.3 Å². The SMILES string of the molecule is CNC1=CN=CCN1. The van der Waals surface area contributed by atoms with Crippen molar-refractivity contribution in [3.05, 3.63) is 12.0 Å². The van der Waals surface area contributed by atoms with Crippen molar-refractivity contribution in [2.45, 2.75) is 0 Å². The van der Waals surface area contributed by atoms with Crippen LogP contribution in [0.15, 0.2) is 17.0 Å². The third kappa shape index (κ3) is 0.992. The van der Waals surface area contributed by atoms with E-state index in [1.165, 1.54) is 0 Å². The van der Waals surface area contributed by atoms with Gasteiger partial charge in [-0.2, -0.15) is 0 Å². The standard InChI is InChI=1S/C5H9N3/c1-6-5-4-7-2-3-8-5/h2,4,6,8H,3H2,1H3. The van der Waals surface area contributed by atoms with Crippen molar-refractivity contribution >= 4 is 6.21 Å². The van der Waals surface area contributed by atoms with Gasteiger partial charge in [0.05, 0.1) is 12.7 Å². The quantitative estimate of drug-likeness (QED) is 0.486. The molecule has 0 spiro atoms. The highest BCUT2D eigenvalue weighted by molar-refractivity contribution is 5.62. The highest BCUT2D eigenvalue weighted by Gasteiger charge is 1.91. The molecular weight excluding hydrogens is 102 g/mol. The molecule has 0 fully saturated rings. The fraction of sp³-hybridized carbons (Fsp3) is 0.400. The predicted molar refractivity (Wildman–Crippen MR) is 33.6 cm³/mol. The van der Waals surface area contributed by atoms with E-state index in [9.17, 15) is 0 Å². The summed E-state index contributed by atoms with van der Waals surface area (Å²) in [6.45, 7) is 0.826. The van der Waals surface area contributed by atoms with Crippen LogP contribution in [0.5, 0.6) is 0 Å². The summed E-state index contributed by atoms with van der Waals surface area (Å²) in [5.74, 6) is 0.979. The summed E-state index contributed by atoms with van der Waals surface area (Å²) >= 11 is 0. The number of hydrogen-bond donors (Lipinski definition) is 2. The van der Waals surface area contributed by atoms with E-state index in [2.05, 4.69) is 15.6 Å². The van der Waals surface area contributed by atoms with Crippen molar-refractivity contribution in [2.24, 2.45) is 4.99 Å². The minimum Gasteiger partial charge on any atom is -0.374 e. The monoisotopic (exact) mass is 111 g/mol. The summed E-state index contributed by atoms with van der Waals surface area (Å²) in [5, 5.41) is 6.01. The highest BCUT2D eigenvalue weighted by Crippen LogP contribution is 1.85. The molecule has 1 rings (SSSR count). The average Bonchev–Trinajstić information content (AvgIpc) is 1.90. The fourth-order valence-corrected chi connectivity index (χ4v) is 0.534. The molecule has 0 saturated carbocycles. The third-order valence-electron chi connectivity index (χ3n) is 0.962. The Hall–Kier alpha value is -0.990. The molecule has 0 amide bonds. The van der Waals surface area contributed by atoms with Crippen LogP contribution in [0.2, 0.25) is 0 Å². The van der Waals surface area contributed by atoms with Crippen LogP contribution in [-0.2, 0) is 0 Å². The number of nitrogens with one attached hydrogen (secondary N) is 2. The van der Waals surface area contributed by atoms with Crippen LogP contribution in [-0.4, -0.2) is 19.8 Å². The van der Waals surface area contributed by atoms with Crippen molar-refractivity contribution in [3.8, 4) is 0 Å². The van der Waals surface area contributed by atoms with Gasteiger partial charge < -0.3 is 10.6 Å². The van der Waals surface area contributed by atoms with Gasteiger partial charge in [0.25, 0.3) is 0 Å². The van der Waals surface area contributed by atoms with Gasteiger partial charge in [-0.3, -0.25) is 4.99 Å². The van der Waals surface area contributed by atoms with E-state index in [1.54, 1.807) is 6.20 Å². The second-order valence-electron chi connectivity index (χ2n) is 1.51. The largest absolute Gasteiger partial charge is 0.374 e. The lowest BCUT2D eigenvalue weighted by molar-refractivity contribution is 0.795. The highest BCUT2D eigenvalue weighted by atomic mass is 15.1. The molecule has 0 atom stereocenters. The molecular formula is C5H9N3. The topological polar surface area (TPSA) is 36.4 Å². The summed E-state index contributed by atoms with van der Waals surface area (Å²) in [4.78, 5) is 3.92. The van der Waals surface area contributed by atoms with Crippen LogP contribution in [0.25, 0.3) is 0 Å². The number of hydrogen-bond acceptors (Lipinski definition) is 3. The predicted octanol–water partition coefficient (Wildman–Crippen LogP) is -0.321. The number of aliphatic imine (C=N–C) groups is 1. The lowest BCUT2D eigenvalue weighted by Crippen LogP contribution is -2.26. The van der Waals surface area contributed by atoms with Crippen LogP contribution >= 0.6 is 0 Å². The van der Waals surface area contributed by atoms with Crippen LogP contribution in [0.1, 0.15) is 0 Å². The molecule has 0 aromatic heterocycles. The normalized spacial score (nSPS) is 16.9. The van der Waals surface area contributed by atoms with E-state index in [-0.39, 0.29) is 0 Å². The molecule has 0 saturated heterocycles. The summed E-state index contributed by atoms with van der Waals surface area (Å²) < 4.78 is 0. The number of nitrogens with zero attached hydrogens (tertiary/aromatic N) is 1. The Kier molecular flexibility index (Phi) is 1.51. The molecule has 0 aromatic carbocycles. The number of rotatable bonds is 1. The zero-order chi connectivity index (χ0) is 5.82. The molecule has 0 radical (unpaired) electrons. The van der Waals surface area contributed by atoms with Crippen molar-refractivity contribution in [3.63, 3.8) is 0 Å². The Morgan fingerprint density at radius 1 is 1.88 bits per heavy atom. The van der Waals surface area contributed by atoms with Crippen LogP contribution in [0, 0.1) is 0 Å². The fourth-order valence-electron chi connectivity index (χ4n) is 0.534. The Balaban J connectivity index is 2.50. The average molecular weight is 111 g/mol. The van der Waals surface area contributed by atoms with Gasteiger partial charge in [0.15, 0.2) is 0 Å². The molecule has 8 heavy (non-hydrogen) atoms. The second-order valence-corrected chi connectivity index (χ2v) is 1.51. The van der Waals surface area contributed by atoms with Gasteiger partial charge in [-0.1, -0.05) is 0 Å². The van der Waals surface area contributed by atoms with Crippen molar-refractivity contribution in [1.29, 1.82) is 0 Å². The molecule has 2 N–H and O–H groups in total. The third-order valence-corrected chi connectivity index (χ3v) is 0.962. The molecule has 1 aliphatic rings. The van der Waals surface area contributed by atoms with Gasteiger partial charge >= 0.3 is 0 Å². The van der Waals surface area contributed by atoms with E-state index < -0.39 is 0 Å². The Labute approximate surface area is 48.5 Å². The van der Waals surface area contributed by atoms with Crippen molar-refractivity contribution in [1.82, 2.24) is 10.6 Å². The Morgan fingerprint density at radius 3 is 3.12 bits per heavy atom. The summed E-state index contributed by atoms with van der Waals surface area (Å²) in [5.41, 5.74) is 0. The maximum atomic E-state index is 3.92. The summed E-state index contributed by atoms with van der Waals surface area (Å²) in [6, 6.07) is 0. The minimum atomic E-state index is 0.826. The molecule has 3 nitrogen and oxygen atoms in total. The van der Waals surface area contributed by atoms with E-state index in [0.717, 1.165) is 12.4 Å². The lowest BCUT2D eigenvalue weighted by atomic mass is 10.5. The molecule has 1 heterocycles. The molecule has 1 aliphatic heterocycles. The molecule has 0 unspecified atom stereocenters. The van der Waals surface area contributed by atoms with Gasteiger partial charge in [-0.25, -0.2) is 0 Å². The first-order valence-corrected chi connectivity index (χ1v) is 2.57. The molecule has 3 heteroatoms. The maximum absolute atomic E-state index is 3.92. The van der Waals surface area contributed by atoms with Crippen molar-refractivity contribution < 1.29 is 0 Å². The zero-order valence-electron chi connectivity index (χ0n) is 4.81. The summed E-state index contributed by atoms with van der Waals surface area (Å²) in [7, 11) is 1.86. The van der Waals surface area contributed by atoms with Gasteiger partial charge in [0.2, 0.25) is 0 Å². The smallest absolute Gasteiger partial charge is 0.117 e. The molecule has 44 valence electrons. The van der Waals surface area contributed by atoms with Crippen LogP contribution < -0.4 is 10.6 Å². The van der Waals surface area contributed by atoms with Gasteiger partial charge in [0.1, 0.15) is 5.82 Å². The van der Waals surface area contributed by atoms with Gasteiger partial charge in [-0.15, -0.1) is 0 Å². The Bertz CT molecular complexity index is 126. The van der Waals surface area contributed by atoms with Crippen molar-refractivity contribution in [2.75, 3.05) is 13.6 Å². The molecule has 0 aromatic rings. The van der Waals surface area contributed by atoms with E-state index >= 15 is 0 Å². The molecule has 0 bridgehead atoms. The first kappa shape index (κ1) is 5.15. The van der Waals surface area contributed by atoms with Gasteiger partial charge in [-0.05, 0) is 0 Å². The Morgan fingerprint density at radius 2 is 2.75 bits per heavy atom. The van der Waals surface area contributed by atoms with E-state index in [1.807, 2.05) is 13.3 Å². The minimum absolute atomic E-state index is 0.826. The zero-order valence-corrected chi connectivity index (χ0v) is 4.81. The second kappa shape index (κ2) is 2.35. The first-order valence-electron chi connectivity index (χ1n) is 2.57. The van der Waals surface area contributed by atoms with Crippen LogP contribution in [0.3, 0.4) is 0 Å². The van der Waals surface area contributed by atoms with E-state index in [4.69, 9.17) is 0 Å². The van der Waals surface area contributed by atoms with Crippen LogP contribution in [0.4, 0.5) is 0 Å². The lowest BCUT2D eigenvalue weighted by Gasteiger charge is -2.08. The molecule has 0 aliphatic carbocycles. The maximum Gasteiger partial charge on any atom is 0.117 e. The summed E-state index contributed by atoms with van der Waals surface area (Å²) in [6.07, 6.45) is 3.57.